The van der Waals surface area contributed by atoms with Crippen molar-refractivity contribution in [3.63, 3.8) is 0 Å². The van der Waals surface area contributed by atoms with E-state index in [9.17, 15) is 22.0 Å². The molecule has 1 heterocycles. The van der Waals surface area contributed by atoms with Gasteiger partial charge in [-0.1, -0.05) is 19.1 Å². The lowest BCUT2D eigenvalue weighted by atomic mass is 9.99. The first-order chi connectivity index (χ1) is 15.1. The average Bonchev–Trinajstić information content (AvgIpc) is 2.74. The number of hydrogen-bond acceptors (Lipinski definition) is 4. The van der Waals surface area contributed by atoms with Crippen LogP contribution in [0.3, 0.4) is 0 Å². The SMILES string of the molecule is C[C@@H]1CCCN(c2ccc(CNC(=O)[C@H](C)N(c3ccc(F)c(F)c3)S(C)(=O)=O)cc2)C1. The molecular weight excluding hydrogens is 436 g/mol. The molecule has 2 aromatic carbocycles. The van der Waals surface area contributed by atoms with E-state index < -0.39 is 33.6 Å². The molecule has 2 atom stereocenters. The van der Waals surface area contributed by atoms with Crippen molar-refractivity contribution in [2.75, 3.05) is 28.6 Å². The molecule has 1 saturated heterocycles. The van der Waals surface area contributed by atoms with Gasteiger partial charge in [-0.05, 0) is 55.5 Å². The Morgan fingerprint density at radius 2 is 1.88 bits per heavy atom. The first-order valence-electron chi connectivity index (χ1n) is 10.6. The normalized spacial score (nSPS) is 17.7. The average molecular weight is 466 g/mol. The van der Waals surface area contributed by atoms with E-state index in [1.165, 1.54) is 19.8 Å². The van der Waals surface area contributed by atoms with Gasteiger partial charge in [0, 0.05) is 31.4 Å². The topological polar surface area (TPSA) is 69.7 Å². The van der Waals surface area contributed by atoms with Crippen LogP contribution in [0.5, 0.6) is 0 Å². The molecule has 2 aromatic rings. The fourth-order valence-corrected chi connectivity index (χ4v) is 5.18. The fraction of sp³-hybridized carbons (Fsp3) is 0.435. The highest BCUT2D eigenvalue weighted by atomic mass is 32.2. The smallest absolute Gasteiger partial charge is 0.243 e. The molecule has 1 fully saturated rings. The molecule has 0 aliphatic carbocycles. The first kappa shape index (κ1) is 24.0. The minimum atomic E-state index is -3.92. The summed E-state index contributed by atoms with van der Waals surface area (Å²) in [4.78, 5) is 15.0. The van der Waals surface area contributed by atoms with E-state index >= 15 is 0 Å². The molecule has 1 amide bonds. The number of piperidine rings is 1. The Balaban J connectivity index is 1.66. The second-order valence-electron chi connectivity index (χ2n) is 8.41. The Hall–Kier alpha value is -2.68. The molecule has 3 rings (SSSR count). The monoisotopic (exact) mass is 465 g/mol. The summed E-state index contributed by atoms with van der Waals surface area (Å²) in [7, 11) is -3.92. The quantitative estimate of drug-likeness (QED) is 0.678. The highest BCUT2D eigenvalue weighted by Gasteiger charge is 2.29. The molecule has 0 saturated carbocycles. The Morgan fingerprint density at radius 1 is 1.19 bits per heavy atom. The second-order valence-corrected chi connectivity index (χ2v) is 10.3. The standard InChI is InChI=1S/C23H29F2N3O3S/c1-16-5-4-12-27(15-16)19-8-6-18(7-9-19)14-26-23(29)17(2)28(32(3,30)31)20-10-11-21(24)22(25)13-20/h6-11,13,16-17H,4-5,12,14-15H2,1-3H3,(H,26,29)/t16-,17+/m1/s1. The van der Waals surface area contributed by atoms with E-state index in [-0.39, 0.29) is 12.2 Å². The number of nitrogens with zero attached hydrogens (tertiary/aromatic N) is 2. The molecule has 0 bridgehead atoms. The van der Waals surface area contributed by atoms with Crippen LogP contribution in [0.25, 0.3) is 0 Å². The fourth-order valence-electron chi connectivity index (χ4n) is 4.02. The molecule has 1 aliphatic rings. The Labute approximate surface area is 188 Å². The van der Waals surface area contributed by atoms with Crippen LogP contribution >= 0.6 is 0 Å². The maximum Gasteiger partial charge on any atom is 0.243 e. The van der Waals surface area contributed by atoms with Gasteiger partial charge in [0.25, 0.3) is 0 Å². The Morgan fingerprint density at radius 3 is 2.47 bits per heavy atom. The van der Waals surface area contributed by atoms with Gasteiger partial charge in [-0.2, -0.15) is 0 Å². The predicted octanol–water partition coefficient (Wildman–Crippen LogP) is 3.67. The van der Waals surface area contributed by atoms with E-state index in [0.29, 0.717) is 5.92 Å². The highest BCUT2D eigenvalue weighted by Crippen LogP contribution is 2.24. The van der Waals surface area contributed by atoms with Crippen LogP contribution in [0.2, 0.25) is 0 Å². The summed E-state index contributed by atoms with van der Waals surface area (Å²) < 4.78 is 52.3. The number of anilines is 2. The van der Waals surface area contributed by atoms with Crippen molar-refractivity contribution in [1.29, 1.82) is 0 Å². The van der Waals surface area contributed by atoms with Crippen LogP contribution in [-0.2, 0) is 21.4 Å². The van der Waals surface area contributed by atoms with Gasteiger partial charge in [0.1, 0.15) is 6.04 Å². The molecule has 0 unspecified atom stereocenters. The van der Waals surface area contributed by atoms with Crippen molar-refractivity contribution < 1.29 is 22.0 Å². The third-order valence-electron chi connectivity index (χ3n) is 5.67. The Bertz CT molecular complexity index is 1060. The molecule has 32 heavy (non-hydrogen) atoms. The first-order valence-corrected chi connectivity index (χ1v) is 12.5. The number of carbonyl (C=O) groups is 1. The van der Waals surface area contributed by atoms with Gasteiger partial charge in [-0.25, -0.2) is 17.2 Å². The zero-order chi connectivity index (χ0) is 23.5. The zero-order valence-corrected chi connectivity index (χ0v) is 19.3. The molecule has 0 radical (unpaired) electrons. The van der Waals surface area contributed by atoms with Gasteiger partial charge in [0.2, 0.25) is 15.9 Å². The number of carbonyl (C=O) groups excluding carboxylic acids is 1. The summed E-state index contributed by atoms with van der Waals surface area (Å²) in [6.45, 7) is 5.92. The number of sulfonamides is 1. The van der Waals surface area contributed by atoms with E-state index in [1.807, 2.05) is 24.3 Å². The number of halogens is 2. The molecular formula is C23H29F2N3O3S. The van der Waals surface area contributed by atoms with Gasteiger partial charge >= 0.3 is 0 Å². The van der Waals surface area contributed by atoms with Gasteiger partial charge in [-0.3, -0.25) is 9.10 Å². The highest BCUT2D eigenvalue weighted by molar-refractivity contribution is 7.92. The van der Waals surface area contributed by atoms with E-state index in [1.54, 1.807) is 0 Å². The van der Waals surface area contributed by atoms with Gasteiger partial charge in [0.15, 0.2) is 11.6 Å². The summed E-state index contributed by atoms with van der Waals surface area (Å²) in [5.74, 6) is -2.17. The molecule has 174 valence electrons. The number of rotatable bonds is 7. The Kier molecular flexibility index (Phi) is 7.38. The lowest BCUT2D eigenvalue weighted by molar-refractivity contribution is -0.122. The van der Waals surface area contributed by atoms with Crippen molar-refractivity contribution in [3.05, 3.63) is 59.7 Å². The minimum absolute atomic E-state index is 0.117. The molecule has 1 N–H and O–H groups in total. The lowest BCUT2D eigenvalue weighted by Crippen LogP contribution is -2.47. The van der Waals surface area contributed by atoms with Crippen LogP contribution in [0.4, 0.5) is 20.2 Å². The van der Waals surface area contributed by atoms with Crippen molar-refractivity contribution in [3.8, 4) is 0 Å². The van der Waals surface area contributed by atoms with Crippen LogP contribution in [-0.4, -0.2) is 39.7 Å². The minimum Gasteiger partial charge on any atom is -0.371 e. The van der Waals surface area contributed by atoms with Crippen LogP contribution in [0.1, 0.15) is 32.3 Å². The molecule has 0 spiro atoms. The van der Waals surface area contributed by atoms with Crippen LogP contribution < -0.4 is 14.5 Å². The van der Waals surface area contributed by atoms with Crippen LogP contribution in [0, 0.1) is 17.6 Å². The summed E-state index contributed by atoms with van der Waals surface area (Å²) in [5.41, 5.74) is 1.90. The van der Waals surface area contributed by atoms with Crippen molar-refractivity contribution in [1.82, 2.24) is 5.32 Å². The number of hydrogen-bond donors (Lipinski definition) is 1. The van der Waals surface area contributed by atoms with Gasteiger partial charge < -0.3 is 10.2 Å². The largest absolute Gasteiger partial charge is 0.371 e. The summed E-state index contributed by atoms with van der Waals surface area (Å²) in [5, 5.41) is 2.73. The summed E-state index contributed by atoms with van der Waals surface area (Å²) >= 11 is 0. The van der Waals surface area contributed by atoms with Crippen molar-refractivity contribution in [2.45, 2.75) is 39.3 Å². The second kappa shape index (κ2) is 9.85. The summed E-state index contributed by atoms with van der Waals surface area (Å²) in [6.07, 6.45) is 3.33. The molecule has 6 nitrogen and oxygen atoms in total. The number of benzene rings is 2. The lowest BCUT2D eigenvalue weighted by Gasteiger charge is -2.32. The van der Waals surface area contributed by atoms with Gasteiger partial charge in [0.05, 0.1) is 11.9 Å². The maximum absolute atomic E-state index is 13.6. The van der Waals surface area contributed by atoms with E-state index in [0.717, 1.165) is 53.1 Å². The third-order valence-corrected chi connectivity index (χ3v) is 6.91. The zero-order valence-electron chi connectivity index (χ0n) is 18.5. The number of nitrogens with one attached hydrogen (secondary N) is 1. The predicted molar refractivity (Wildman–Crippen MR) is 122 cm³/mol. The number of amides is 1. The van der Waals surface area contributed by atoms with Crippen LogP contribution in [0.15, 0.2) is 42.5 Å². The third kappa shape index (κ3) is 5.76. The van der Waals surface area contributed by atoms with E-state index in [2.05, 4.69) is 17.1 Å². The van der Waals surface area contributed by atoms with Gasteiger partial charge in [-0.15, -0.1) is 0 Å². The summed E-state index contributed by atoms with van der Waals surface area (Å²) in [6, 6.07) is 9.48. The maximum atomic E-state index is 13.6. The van der Waals surface area contributed by atoms with E-state index in [4.69, 9.17) is 0 Å². The van der Waals surface area contributed by atoms with Crippen molar-refractivity contribution in [2.24, 2.45) is 5.92 Å². The van der Waals surface area contributed by atoms with Crippen molar-refractivity contribution >= 4 is 27.3 Å². The molecule has 9 heteroatoms. The molecule has 1 aliphatic heterocycles. The molecule has 0 aromatic heterocycles.